The Hall–Kier alpha value is -5.02. The van der Waals surface area contributed by atoms with Gasteiger partial charge in [0.15, 0.2) is 0 Å². The van der Waals surface area contributed by atoms with Gasteiger partial charge in [-0.1, -0.05) is 30.3 Å². The number of hydrogen-bond donors (Lipinski definition) is 3. The van der Waals surface area contributed by atoms with E-state index in [1.165, 1.54) is 11.0 Å². The molecule has 0 atom stereocenters. The molecule has 222 valence electrons. The molecule has 0 aliphatic carbocycles. The predicted octanol–water partition coefficient (Wildman–Crippen LogP) is 4.38. The lowest BCUT2D eigenvalue weighted by molar-refractivity contribution is -0.122. The fraction of sp³-hybridized carbons (Fsp3) is 0.235. The molecule has 0 bridgehead atoms. The van der Waals surface area contributed by atoms with Crippen LogP contribution < -0.4 is 20.3 Å². The van der Waals surface area contributed by atoms with Crippen LogP contribution in [0.3, 0.4) is 0 Å². The summed E-state index contributed by atoms with van der Waals surface area (Å²) in [5, 5.41) is 15.8. The number of fused-ring (bicyclic) bond motifs is 1. The van der Waals surface area contributed by atoms with Crippen LogP contribution in [0.5, 0.6) is 5.75 Å². The van der Waals surface area contributed by atoms with Gasteiger partial charge in [0.2, 0.25) is 11.8 Å². The molecule has 0 aliphatic heterocycles. The molecular weight excluding hydrogens is 544 g/mol. The molecule has 3 N–H and O–H groups in total. The number of likely N-dealkylation sites (N-methyl/N-ethyl adjacent to an activating group) is 1. The van der Waals surface area contributed by atoms with Crippen molar-refractivity contribution in [2.45, 2.75) is 34.0 Å². The third-order valence-corrected chi connectivity index (χ3v) is 7.34. The highest BCUT2D eigenvalue weighted by Gasteiger charge is 2.18. The van der Waals surface area contributed by atoms with E-state index in [0.29, 0.717) is 22.5 Å². The Morgan fingerprint density at radius 2 is 1.77 bits per heavy atom. The molecule has 0 fully saturated rings. The SMILES string of the molecule is CNC(=O)c1ccc(C=CC(=O)NCC(=O)N(C)c2ccc(C)c(COc3cccc4c(CO)cc(C)nc34)c2C)cc1. The fourth-order valence-electron chi connectivity index (χ4n) is 4.83. The molecule has 0 radical (unpaired) electrons. The molecule has 0 aliphatic rings. The summed E-state index contributed by atoms with van der Waals surface area (Å²) in [5.74, 6) is -0.257. The minimum atomic E-state index is -0.407. The predicted molar refractivity (Wildman–Crippen MR) is 168 cm³/mol. The van der Waals surface area contributed by atoms with Gasteiger partial charge in [0.05, 0.1) is 13.2 Å². The second-order valence-corrected chi connectivity index (χ2v) is 10.2. The number of rotatable bonds is 10. The number of carbonyl (C=O) groups excluding carboxylic acids is 3. The number of aromatic nitrogens is 1. The standard InChI is InChI=1S/C34H36N4O5/c1-21-9-15-29(23(3)28(21)20-43-30-8-6-7-27-26(19-39)17-22(2)37-33(27)30)38(5)32(41)18-36-31(40)16-12-24-10-13-25(14-11-24)34(42)35-4/h6-17,39H,18-20H2,1-5H3,(H,35,42)(H,36,40). The number of benzene rings is 3. The van der Waals surface area contributed by atoms with E-state index >= 15 is 0 Å². The van der Waals surface area contributed by atoms with Crippen molar-refractivity contribution < 1.29 is 24.2 Å². The molecule has 9 heteroatoms. The second kappa shape index (κ2) is 13.8. The molecule has 4 aromatic rings. The summed E-state index contributed by atoms with van der Waals surface area (Å²) in [5.41, 5.74) is 7.12. The number of aliphatic hydroxyl groups is 1. The Kier molecular flexibility index (Phi) is 9.90. The lowest BCUT2D eigenvalue weighted by Crippen LogP contribution is -2.38. The van der Waals surface area contributed by atoms with Crippen LogP contribution in [0.1, 0.15) is 43.9 Å². The van der Waals surface area contributed by atoms with Crippen LogP contribution in [-0.4, -0.2) is 48.5 Å². The molecule has 3 aromatic carbocycles. The number of para-hydroxylation sites is 1. The van der Waals surface area contributed by atoms with Gasteiger partial charge in [-0.25, -0.2) is 4.98 Å². The van der Waals surface area contributed by atoms with Gasteiger partial charge in [-0.3, -0.25) is 14.4 Å². The number of nitrogens with one attached hydrogen (secondary N) is 2. The third kappa shape index (κ3) is 7.25. The second-order valence-electron chi connectivity index (χ2n) is 10.2. The van der Waals surface area contributed by atoms with Crippen molar-refractivity contribution in [2.75, 3.05) is 25.5 Å². The quantitative estimate of drug-likeness (QED) is 0.240. The number of pyridine rings is 1. The van der Waals surface area contributed by atoms with E-state index in [4.69, 9.17) is 4.74 Å². The van der Waals surface area contributed by atoms with E-state index < -0.39 is 5.91 Å². The molecule has 1 heterocycles. The molecule has 43 heavy (non-hydrogen) atoms. The zero-order valence-electron chi connectivity index (χ0n) is 25.0. The van der Waals surface area contributed by atoms with Gasteiger partial charge in [0.25, 0.3) is 5.91 Å². The highest BCUT2D eigenvalue weighted by atomic mass is 16.5. The highest BCUT2D eigenvalue weighted by Crippen LogP contribution is 2.30. The van der Waals surface area contributed by atoms with Crippen LogP contribution in [0, 0.1) is 20.8 Å². The van der Waals surface area contributed by atoms with Crippen molar-refractivity contribution in [3.63, 3.8) is 0 Å². The monoisotopic (exact) mass is 580 g/mol. The Morgan fingerprint density at radius 1 is 1.02 bits per heavy atom. The number of amides is 3. The Bertz CT molecular complexity index is 1700. The van der Waals surface area contributed by atoms with Gasteiger partial charge in [0.1, 0.15) is 17.9 Å². The smallest absolute Gasteiger partial charge is 0.251 e. The molecule has 0 saturated heterocycles. The maximum Gasteiger partial charge on any atom is 0.251 e. The van der Waals surface area contributed by atoms with Crippen molar-refractivity contribution in [3.05, 3.63) is 106 Å². The van der Waals surface area contributed by atoms with E-state index in [9.17, 15) is 19.5 Å². The van der Waals surface area contributed by atoms with Crippen molar-refractivity contribution in [1.29, 1.82) is 0 Å². The molecule has 0 saturated carbocycles. The van der Waals surface area contributed by atoms with Gasteiger partial charge < -0.3 is 25.4 Å². The lowest BCUT2D eigenvalue weighted by atomic mass is 10.0. The summed E-state index contributed by atoms with van der Waals surface area (Å²) >= 11 is 0. The summed E-state index contributed by atoms with van der Waals surface area (Å²) in [6.07, 6.45) is 2.97. The first kappa shape index (κ1) is 30.9. The molecule has 9 nitrogen and oxygen atoms in total. The van der Waals surface area contributed by atoms with Gasteiger partial charge in [-0.2, -0.15) is 0 Å². The number of carbonyl (C=O) groups is 3. The molecule has 3 amide bonds. The average Bonchev–Trinajstić information content (AvgIpc) is 3.01. The zero-order valence-corrected chi connectivity index (χ0v) is 25.0. The van der Waals surface area contributed by atoms with Crippen LogP contribution in [0.2, 0.25) is 0 Å². The number of aliphatic hydroxyl groups excluding tert-OH is 1. The van der Waals surface area contributed by atoms with E-state index in [2.05, 4.69) is 15.6 Å². The number of nitrogens with zero attached hydrogens (tertiary/aromatic N) is 2. The maximum atomic E-state index is 13.0. The first-order valence-electron chi connectivity index (χ1n) is 13.9. The number of ether oxygens (including phenoxy) is 1. The summed E-state index contributed by atoms with van der Waals surface area (Å²) in [6.45, 7) is 5.81. The van der Waals surface area contributed by atoms with Gasteiger partial charge >= 0.3 is 0 Å². The van der Waals surface area contributed by atoms with Crippen LogP contribution in [0.4, 0.5) is 5.69 Å². The van der Waals surface area contributed by atoms with Crippen LogP contribution in [0.15, 0.2) is 66.7 Å². The summed E-state index contributed by atoms with van der Waals surface area (Å²) < 4.78 is 6.25. The zero-order chi connectivity index (χ0) is 31.1. The molecular formula is C34H36N4O5. The number of aryl methyl sites for hydroxylation is 2. The van der Waals surface area contributed by atoms with Crippen LogP contribution in [-0.2, 0) is 22.8 Å². The van der Waals surface area contributed by atoms with E-state index in [-0.39, 0.29) is 31.6 Å². The number of hydrogen-bond acceptors (Lipinski definition) is 6. The molecule has 0 spiro atoms. The van der Waals surface area contributed by atoms with Crippen molar-refractivity contribution in [3.8, 4) is 5.75 Å². The third-order valence-electron chi connectivity index (χ3n) is 7.34. The number of anilines is 1. The summed E-state index contributed by atoms with van der Waals surface area (Å²) in [4.78, 5) is 43.2. The van der Waals surface area contributed by atoms with Gasteiger partial charge in [-0.15, -0.1) is 0 Å². The Morgan fingerprint density at radius 3 is 2.47 bits per heavy atom. The Balaban J connectivity index is 1.41. The summed E-state index contributed by atoms with van der Waals surface area (Å²) in [7, 11) is 3.24. The van der Waals surface area contributed by atoms with Gasteiger partial charge in [0, 0.05) is 42.5 Å². The van der Waals surface area contributed by atoms with Crippen molar-refractivity contribution >= 4 is 40.4 Å². The normalized spacial score (nSPS) is 11.0. The first-order valence-corrected chi connectivity index (χ1v) is 13.9. The van der Waals surface area contributed by atoms with Crippen molar-refractivity contribution in [1.82, 2.24) is 15.6 Å². The largest absolute Gasteiger partial charge is 0.487 e. The molecule has 4 rings (SSSR count). The lowest BCUT2D eigenvalue weighted by Gasteiger charge is -2.23. The van der Waals surface area contributed by atoms with Crippen LogP contribution in [0.25, 0.3) is 17.0 Å². The van der Waals surface area contributed by atoms with E-state index in [1.807, 2.05) is 57.2 Å². The maximum absolute atomic E-state index is 13.0. The molecule has 0 unspecified atom stereocenters. The van der Waals surface area contributed by atoms with Crippen LogP contribution >= 0.6 is 0 Å². The average molecular weight is 581 g/mol. The Labute approximate surface area is 251 Å². The molecule has 1 aromatic heterocycles. The first-order chi connectivity index (χ1) is 20.6. The highest BCUT2D eigenvalue weighted by molar-refractivity contribution is 5.99. The minimum Gasteiger partial charge on any atom is -0.487 e. The summed E-state index contributed by atoms with van der Waals surface area (Å²) in [6, 6.07) is 18.2. The van der Waals surface area contributed by atoms with E-state index in [0.717, 1.165) is 38.9 Å². The van der Waals surface area contributed by atoms with E-state index in [1.54, 1.807) is 44.4 Å². The minimum absolute atomic E-state index is 0.0884. The van der Waals surface area contributed by atoms with Gasteiger partial charge in [-0.05, 0) is 85.0 Å². The fourth-order valence-corrected chi connectivity index (χ4v) is 4.83. The topological polar surface area (TPSA) is 121 Å². The van der Waals surface area contributed by atoms with Crippen molar-refractivity contribution in [2.24, 2.45) is 0 Å².